The minimum atomic E-state index is 0.0200. The summed E-state index contributed by atoms with van der Waals surface area (Å²) < 4.78 is 4.95. The zero-order valence-corrected chi connectivity index (χ0v) is 12.0. The fraction of sp³-hybridized carbons (Fsp3) is 0.583. The van der Waals surface area contributed by atoms with Gasteiger partial charge in [-0.25, -0.2) is 9.97 Å². The number of hydrogen-bond donors (Lipinski definition) is 2. The van der Waals surface area contributed by atoms with E-state index in [1.807, 2.05) is 6.92 Å². The molecule has 1 aromatic heterocycles. The van der Waals surface area contributed by atoms with Crippen LogP contribution in [-0.2, 0) is 16.1 Å². The predicted octanol–water partition coefficient (Wildman–Crippen LogP) is 1.60. The number of amides is 1. The van der Waals surface area contributed by atoms with Gasteiger partial charge in [0.2, 0.25) is 5.91 Å². The number of carbonyl (C=O) groups is 1. The van der Waals surface area contributed by atoms with E-state index in [9.17, 15) is 4.79 Å². The second kappa shape index (κ2) is 8.66. The van der Waals surface area contributed by atoms with E-state index in [1.54, 1.807) is 13.2 Å². The van der Waals surface area contributed by atoms with Crippen molar-refractivity contribution in [3.8, 4) is 0 Å². The summed E-state index contributed by atoms with van der Waals surface area (Å²) in [4.78, 5) is 19.6. The van der Waals surface area contributed by atoms with Crippen molar-refractivity contribution in [1.82, 2.24) is 15.3 Å². The first-order valence-electron chi connectivity index (χ1n) is 6.18. The van der Waals surface area contributed by atoms with Crippen molar-refractivity contribution in [3.63, 3.8) is 0 Å². The lowest BCUT2D eigenvalue weighted by Gasteiger charge is -2.08. The van der Waals surface area contributed by atoms with E-state index < -0.39 is 0 Å². The quantitative estimate of drug-likeness (QED) is 0.710. The maximum Gasteiger partial charge on any atom is 0.221 e. The van der Waals surface area contributed by atoms with Gasteiger partial charge in [-0.3, -0.25) is 4.79 Å². The Morgan fingerprint density at radius 2 is 2.21 bits per heavy atom. The second-order valence-corrected chi connectivity index (χ2v) is 4.34. The number of rotatable bonds is 8. The van der Waals surface area contributed by atoms with Crippen LogP contribution in [-0.4, -0.2) is 36.1 Å². The normalized spacial score (nSPS) is 10.3. The summed E-state index contributed by atoms with van der Waals surface area (Å²) in [5, 5.41) is 6.19. The molecule has 1 aromatic rings. The van der Waals surface area contributed by atoms with Crippen LogP contribution in [0.4, 0.5) is 5.82 Å². The van der Waals surface area contributed by atoms with Crippen molar-refractivity contribution in [2.45, 2.75) is 26.4 Å². The number of hydrogen-bond acceptors (Lipinski definition) is 5. The molecular formula is C12H19ClN4O2. The molecule has 7 heteroatoms. The number of aromatic nitrogens is 2. The maximum absolute atomic E-state index is 11.4. The van der Waals surface area contributed by atoms with Crippen LogP contribution in [0.1, 0.15) is 25.6 Å². The van der Waals surface area contributed by atoms with Gasteiger partial charge in [0.15, 0.2) is 5.82 Å². The average molecular weight is 287 g/mol. The minimum Gasteiger partial charge on any atom is -0.377 e. The highest BCUT2D eigenvalue weighted by Gasteiger charge is 2.04. The molecule has 6 nitrogen and oxygen atoms in total. The van der Waals surface area contributed by atoms with Crippen LogP contribution in [0.25, 0.3) is 0 Å². The summed E-state index contributed by atoms with van der Waals surface area (Å²) in [6, 6.07) is 1.62. The monoisotopic (exact) mass is 286 g/mol. The largest absolute Gasteiger partial charge is 0.377 e. The lowest BCUT2D eigenvalue weighted by molar-refractivity contribution is -0.120. The third-order valence-corrected chi connectivity index (χ3v) is 2.44. The summed E-state index contributed by atoms with van der Waals surface area (Å²) in [6.07, 6.45) is 1.32. The molecule has 0 saturated carbocycles. The molecule has 1 rings (SSSR count). The molecule has 0 aliphatic carbocycles. The van der Waals surface area contributed by atoms with Crippen molar-refractivity contribution in [3.05, 3.63) is 17.0 Å². The van der Waals surface area contributed by atoms with E-state index in [0.29, 0.717) is 42.9 Å². The van der Waals surface area contributed by atoms with Gasteiger partial charge < -0.3 is 15.4 Å². The van der Waals surface area contributed by atoms with Crippen LogP contribution in [0, 0.1) is 0 Å². The molecule has 0 aliphatic rings. The van der Waals surface area contributed by atoms with Gasteiger partial charge in [0, 0.05) is 32.7 Å². The lowest BCUT2D eigenvalue weighted by Crippen LogP contribution is -2.26. The molecule has 1 heterocycles. The van der Waals surface area contributed by atoms with Crippen molar-refractivity contribution in [2.24, 2.45) is 0 Å². The maximum atomic E-state index is 11.4. The van der Waals surface area contributed by atoms with Gasteiger partial charge in [0.05, 0.1) is 0 Å². The third kappa shape index (κ3) is 6.35. The zero-order chi connectivity index (χ0) is 14.1. The first-order valence-corrected chi connectivity index (χ1v) is 6.56. The van der Waals surface area contributed by atoms with Gasteiger partial charge in [-0.2, -0.15) is 0 Å². The van der Waals surface area contributed by atoms with Gasteiger partial charge in [-0.05, 0) is 6.42 Å². The average Bonchev–Trinajstić information content (AvgIpc) is 2.36. The molecule has 0 fully saturated rings. The number of nitrogens with one attached hydrogen (secondary N) is 2. The number of methoxy groups -OCH3 is 1. The molecule has 0 saturated heterocycles. The fourth-order valence-corrected chi connectivity index (χ4v) is 1.61. The van der Waals surface area contributed by atoms with Crippen molar-refractivity contribution >= 4 is 23.3 Å². The fourth-order valence-electron chi connectivity index (χ4n) is 1.41. The topological polar surface area (TPSA) is 76.1 Å². The molecule has 0 unspecified atom stereocenters. The van der Waals surface area contributed by atoms with Gasteiger partial charge >= 0.3 is 0 Å². The van der Waals surface area contributed by atoms with Crippen LogP contribution < -0.4 is 10.6 Å². The molecule has 1 amide bonds. The highest BCUT2D eigenvalue weighted by molar-refractivity contribution is 6.29. The van der Waals surface area contributed by atoms with Crippen LogP contribution in [0.2, 0.25) is 5.15 Å². The summed E-state index contributed by atoms with van der Waals surface area (Å²) >= 11 is 5.87. The molecule has 0 radical (unpaired) electrons. The molecule has 19 heavy (non-hydrogen) atoms. The molecule has 0 spiro atoms. The summed E-state index contributed by atoms with van der Waals surface area (Å²) in [6.45, 7) is 3.51. The second-order valence-electron chi connectivity index (χ2n) is 3.95. The van der Waals surface area contributed by atoms with Gasteiger partial charge in [-0.1, -0.05) is 18.5 Å². The summed E-state index contributed by atoms with van der Waals surface area (Å²) in [7, 11) is 1.56. The van der Waals surface area contributed by atoms with E-state index in [-0.39, 0.29) is 5.91 Å². The van der Waals surface area contributed by atoms with Gasteiger partial charge in [0.1, 0.15) is 17.6 Å². The van der Waals surface area contributed by atoms with E-state index in [4.69, 9.17) is 16.3 Å². The SMILES string of the molecule is CCCNC(=O)CCNc1cc(Cl)nc(COC)n1. The highest BCUT2D eigenvalue weighted by atomic mass is 35.5. The first kappa shape index (κ1) is 15.7. The Balaban J connectivity index is 2.42. The highest BCUT2D eigenvalue weighted by Crippen LogP contribution is 2.11. The van der Waals surface area contributed by atoms with Gasteiger partial charge in [0.25, 0.3) is 0 Å². The Kier molecular flexibility index (Phi) is 7.14. The number of carbonyl (C=O) groups excluding carboxylic acids is 1. The number of anilines is 1. The Morgan fingerprint density at radius 3 is 2.89 bits per heavy atom. The van der Waals surface area contributed by atoms with E-state index >= 15 is 0 Å². The number of nitrogens with zero attached hydrogens (tertiary/aromatic N) is 2. The Labute approximate surface area is 117 Å². The summed E-state index contributed by atoms with van der Waals surface area (Å²) in [5.41, 5.74) is 0. The number of halogens is 1. The Hall–Kier alpha value is -1.40. The molecule has 0 bridgehead atoms. The van der Waals surface area contributed by atoms with Crippen LogP contribution >= 0.6 is 11.6 Å². The zero-order valence-electron chi connectivity index (χ0n) is 11.2. The first-order chi connectivity index (χ1) is 9.15. The van der Waals surface area contributed by atoms with Crippen molar-refractivity contribution in [1.29, 1.82) is 0 Å². The van der Waals surface area contributed by atoms with E-state index in [0.717, 1.165) is 6.42 Å². The molecule has 0 aromatic carbocycles. The standard InChI is InChI=1S/C12H19ClN4O2/c1-3-5-15-12(18)4-6-14-10-7-9(13)16-11(17-10)8-19-2/h7H,3-6,8H2,1-2H3,(H,15,18)(H,14,16,17). The van der Waals surface area contributed by atoms with Crippen molar-refractivity contribution in [2.75, 3.05) is 25.5 Å². The third-order valence-electron chi connectivity index (χ3n) is 2.24. The van der Waals surface area contributed by atoms with Gasteiger partial charge in [-0.15, -0.1) is 0 Å². The molecule has 0 atom stereocenters. The number of ether oxygens (including phenoxy) is 1. The Bertz CT molecular complexity index is 415. The molecular weight excluding hydrogens is 268 g/mol. The molecule has 2 N–H and O–H groups in total. The Morgan fingerprint density at radius 1 is 1.42 bits per heavy atom. The summed E-state index contributed by atoms with van der Waals surface area (Å²) in [5.74, 6) is 1.12. The molecule has 106 valence electrons. The molecule has 0 aliphatic heterocycles. The lowest BCUT2D eigenvalue weighted by atomic mass is 10.3. The smallest absolute Gasteiger partial charge is 0.221 e. The minimum absolute atomic E-state index is 0.0200. The predicted molar refractivity (Wildman–Crippen MR) is 74.2 cm³/mol. The van der Waals surface area contributed by atoms with Crippen LogP contribution in [0.3, 0.4) is 0 Å². The van der Waals surface area contributed by atoms with Crippen LogP contribution in [0.5, 0.6) is 0 Å². The van der Waals surface area contributed by atoms with E-state index in [2.05, 4.69) is 20.6 Å². The van der Waals surface area contributed by atoms with Crippen LogP contribution in [0.15, 0.2) is 6.07 Å². The van der Waals surface area contributed by atoms with Crippen molar-refractivity contribution < 1.29 is 9.53 Å². The van der Waals surface area contributed by atoms with E-state index in [1.165, 1.54) is 0 Å².